The lowest BCUT2D eigenvalue weighted by molar-refractivity contribution is -0.129. The third-order valence-electron chi connectivity index (χ3n) is 6.39. The molecule has 1 unspecified atom stereocenters. The van der Waals surface area contributed by atoms with Crippen LogP contribution in [-0.4, -0.2) is 52.8 Å². The van der Waals surface area contributed by atoms with Crippen LogP contribution in [0.15, 0.2) is 83.4 Å². The number of carbonyl (C=O) groups is 2. The molecule has 0 bridgehead atoms. The Labute approximate surface area is 222 Å². The molecule has 0 spiro atoms. The first-order chi connectivity index (χ1) is 17.6. The van der Waals surface area contributed by atoms with Crippen molar-refractivity contribution in [2.45, 2.75) is 31.2 Å². The molecule has 1 aromatic heterocycles. The maximum absolute atomic E-state index is 13.2. The van der Waals surface area contributed by atoms with Crippen LogP contribution >= 0.6 is 11.8 Å². The number of nitrogen functional groups attached to an aromatic ring is 1. The lowest BCUT2D eigenvalue weighted by atomic mass is 9.71. The molecule has 1 atom stereocenters. The minimum atomic E-state index is -1.04. The molecule has 4 rings (SSSR count). The number of methoxy groups -OCH3 is 1. The number of ketones is 1. The summed E-state index contributed by atoms with van der Waals surface area (Å²) in [5, 5.41) is 9.82. The van der Waals surface area contributed by atoms with Gasteiger partial charge in [0, 0.05) is 27.8 Å². The molecule has 37 heavy (non-hydrogen) atoms. The number of hydrogen-bond donors (Lipinski definition) is 2. The smallest absolute Gasteiger partial charge is 0.407 e. The second-order valence-electron chi connectivity index (χ2n) is 9.23. The minimum Gasteiger partial charge on any atom is -0.497 e. The summed E-state index contributed by atoms with van der Waals surface area (Å²) in [4.78, 5) is 32.0. The number of carbonyl (C=O) groups excluding carboxylic acids is 1. The Morgan fingerprint density at radius 1 is 1.16 bits per heavy atom. The number of pyridine rings is 1. The lowest BCUT2D eigenvalue weighted by Crippen LogP contribution is -2.58. The molecule has 0 saturated carbocycles. The van der Waals surface area contributed by atoms with Crippen molar-refractivity contribution in [3.05, 3.63) is 89.8 Å². The zero-order chi connectivity index (χ0) is 27.0. The fraction of sp³-hybridized carbons (Fsp3) is 0.276. The number of anilines is 1. The van der Waals surface area contributed by atoms with Gasteiger partial charge >= 0.3 is 6.09 Å². The molecule has 7 nitrogen and oxygen atoms in total. The normalized spacial score (nSPS) is 17.6. The zero-order valence-corrected chi connectivity index (χ0v) is 22.4. The summed E-state index contributed by atoms with van der Waals surface area (Å²) in [5.74, 6) is 0.688. The van der Waals surface area contributed by atoms with Crippen molar-refractivity contribution in [3.63, 3.8) is 0 Å². The predicted octanol–water partition coefficient (Wildman–Crippen LogP) is 5.66. The zero-order valence-electron chi connectivity index (χ0n) is 21.5. The highest BCUT2D eigenvalue weighted by Crippen LogP contribution is 2.37. The van der Waals surface area contributed by atoms with Crippen molar-refractivity contribution >= 4 is 35.4 Å². The molecule has 8 heteroatoms. The quantitative estimate of drug-likeness (QED) is 0.254. The maximum Gasteiger partial charge on any atom is 0.407 e. The first kappa shape index (κ1) is 27.8. The molecule has 1 saturated heterocycles. The summed E-state index contributed by atoms with van der Waals surface area (Å²) in [6.07, 6.45) is 4.79. The number of thioether (sulfide) groups is 1. The molecule has 2 heterocycles. The van der Waals surface area contributed by atoms with Crippen LogP contribution in [0.2, 0.25) is 0 Å². The van der Waals surface area contributed by atoms with E-state index < -0.39 is 17.6 Å². The van der Waals surface area contributed by atoms with E-state index in [-0.39, 0.29) is 12.3 Å². The van der Waals surface area contributed by atoms with Crippen LogP contribution in [0.1, 0.15) is 25.1 Å². The Kier molecular flexibility index (Phi) is 9.36. The summed E-state index contributed by atoms with van der Waals surface area (Å²) in [6.45, 7) is 3.67. The van der Waals surface area contributed by atoms with Gasteiger partial charge in [-0.2, -0.15) is 0 Å². The van der Waals surface area contributed by atoms with E-state index in [2.05, 4.69) is 4.98 Å². The fourth-order valence-corrected chi connectivity index (χ4v) is 4.63. The van der Waals surface area contributed by atoms with E-state index in [9.17, 15) is 14.7 Å². The van der Waals surface area contributed by atoms with E-state index in [0.29, 0.717) is 17.7 Å². The van der Waals surface area contributed by atoms with Crippen LogP contribution in [0.4, 0.5) is 10.5 Å². The number of amides is 1. The van der Waals surface area contributed by atoms with Gasteiger partial charge < -0.3 is 15.6 Å². The van der Waals surface area contributed by atoms with Gasteiger partial charge in [-0.25, -0.2) is 4.79 Å². The Morgan fingerprint density at radius 3 is 2.38 bits per heavy atom. The highest BCUT2D eigenvalue weighted by atomic mass is 32.2. The Bertz CT molecular complexity index is 1230. The number of benzene rings is 2. The molecule has 1 aliphatic rings. The highest BCUT2D eigenvalue weighted by Gasteiger charge is 2.47. The Morgan fingerprint density at radius 2 is 1.84 bits per heavy atom. The number of ether oxygens (including phenoxy) is 1. The van der Waals surface area contributed by atoms with Gasteiger partial charge in [0.05, 0.1) is 25.4 Å². The van der Waals surface area contributed by atoms with Crippen LogP contribution in [-0.2, 0) is 11.2 Å². The number of piperidine rings is 1. The number of nitrogens with two attached hydrogens (primary N) is 1. The van der Waals surface area contributed by atoms with Crippen molar-refractivity contribution in [3.8, 4) is 5.75 Å². The fourth-order valence-electron chi connectivity index (χ4n) is 4.23. The summed E-state index contributed by atoms with van der Waals surface area (Å²) in [7, 11) is 1.60. The lowest BCUT2D eigenvalue weighted by Gasteiger charge is -2.45. The average Bonchev–Trinajstić information content (AvgIpc) is 2.90. The molecule has 3 N–H and O–H groups in total. The van der Waals surface area contributed by atoms with E-state index in [0.717, 1.165) is 17.0 Å². The number of nitrogens with zero attached hydrogens (tertiary/aromatic N) is 2. The average molecular weight is 520 g/mol. The van der Waals surface area contributed by atoms with Gasteiger partial charge in [0.1, 0.15) is 5.75 Å². The number of aromatic nitrogens is 1. The molecule has 1 aliphatic heterocycles. The molecule has 1 fully saturated rings. The summed E-state index contributed by atoms with van der Waals surface area (Å²) < 4.78 is 5.18. The predicted molar refractivity (Wildman–Crippen MR) is 149 cm³/mol. The minimum absolute atomic E-state index is 0.0471. The van der Waals surface area contributed by atoms with Crippen molar-refractivity contribution in [2.24, 2.45) is 5.41 Å². The first-order valence-electron chi connectivity index (χ1n) is 11.8. The van der Waals surface area contributed by atoms with E-state index in [1.807, 2.05) is 74.7 Å². The van der Waals surface area contributed by atoms with Crippen LogP contribution in [0.25, 0.3) is 6.08 Å². The number of Topliss-reactive ketones (excluding diaryl/α,β-unsaturated/α-hetero) is 1. The highest BCUT2D eigenvalue weighted by molar-refractivity contribution is 7.98. The summed E-state index contributed by atoms with van der Waals surface area (Å²) in [6, 6.07) is 20.3. The Hall–Kier alpha value is -3.78. The van der Waals surface area contributed by atoms with E-state index in [1.54, 1.807) is 43.3 Å². The number of likely N-dealkylation sites (tertiary alicyclic amines) is 1. The van der Waals surface area contributed by atoms with Gasteiger partial charge in [-0.3, -0.25) is 14.7 Å². The van der Waals surface area contributed by atoms with Gasteiger partial charge in [-0.1, -0.05) is 32.0 Å². The van der Waals surface area contributed by atoms with Crippen LogP contribution in [0, 0.1) is 5.41 Å². The van der Waals surface area contributed by atoms with Gasteiger partial charge in [0.25, 0.3) is 0 Å². The number of rotatable bonds is 5. The monoisotopic (exact) mass is 519 g/mol. The van der Waals surface area contributed by atoms with E-state index >= 15 is 0 Å². The summed E-state index contributed by atoms with van der Waals surface area (Å²) >= 11 is 1.72. The van der Waals surface area contributed by atoms with Crippen molar-refractivity contribution < 1.29 is 19.4 Å². The standard InChI is InChI=1S/C22H24N2O4.C7H9NS/c1-22(2)19(12-15-7-9-18(28-3)10-8-15)24(21(26)27)14-16(20(22)25)13-17-6-4-5-11-23-17;1-9-7-4-2-6(8)3-5-7/h4-11,13,19H,12,14H2,1-3H3,(H,26,27);2-5H,8H2,1H3. The van der Waals surface area contributed by atoms with Crippen molar-refractivity contribution in [1.82, 2.24) is 9.88 Å². The van der Waals surface area contributed by atoms with Gasteiger partial charge in [-0.05, 0) is 72.8 Å². The van der Waals surface area contributed by atoms with Gasteiger partial charge in [0.15, 0.2) is 5.78 Å². The molecular weight excluding hydrogens is 486 g/mol. The third kappa shape index (κ3) is 7.13. The van der Waals surface area contributed by atoms with E-state index in [4.69, 9.17) is 10.5 Å². The van der Waals surface area contributed by atoms with E-state index in [1.165, 1.54) is 9.80 Å². The topological polar surface area (TPSA) is 106 Å². The van der Waals surface area contributed by atoms with Gasteiger partial charge in [-0.15, -0.1) is 11.8 Å². The SMILES string of the molecule is COc1ccc(CC2N(C(=O)O)CC(=Cc3ccccn3)C(=O)C2(C)C)cc1.CSc1ccc(N)cc1. The molecule has 3 aromatic rings. The third-order valence-corrected chi connectivity index (χ3v) is 7.13. The molecule has 0 aliphatic carbocycles. The second kappa shape index (κ2) is 12.5. The van der Waals surface area contributed by atoms with Crippen LogP contribution in [0.3, 0.4) is 0 Å². The molecule has 0 radical (unpaired) electrons. The number of carboxylic acid groups (broad SMARTS) is 1. The maximum atomic E-state index is 13.2. The van der Waals surface area contributed by atoms with Crippen LogP contribution in [0.5, 0.6) is 5.75 Å². The van der Waals surface area contributed by atoms with Crippen LogP contribution < -0.4 is 10.5 Å². The van der Waals surface area contributed by atoms with Crippen molar-refractivity contribution in [1.29, 1.82) is 0 Å². The van der Waals surface area contributed by atoms with Gasteiger partial charge in [0.2, 0.25) is 0 Å². The number of hydrogen-bond acceptors (Lipinski definition) is 6. The van der Waals surface area contributed by atoms with Crippen molar-refractivity contribution in [2.75, 3.05) is 25.6 Å². The largest absolute Gasteiger partial charge is 0.497 e. The molecule has 194 valence electrons. The second-order valence-corrected chi connectivity index (χ2v) is 10.1. The molecular formula is C29H33N3O4S. The first-order valence-corrected chi connectivity index (χ1v) is 13.1. The molecule has 1 amide bonds. The Balaban J connectivity index is 0.000000356. The molecule has 2 aromatic carbocycles. The summed E-state index contributed by atoms with van der Waals surface area (Å²) in [5.41, 5.74) is 7.48.